The molecule has 1 saturated carbocycles. The summed E-state index contributed by atoms with van der Waals surface area (Å²) in [6.07, 6.45) is 5.09. The molecule has 0 saturated heterocycles. The molecule has 0 radical (unpaired) electrons. The van der Waals surface area contributed by atoms with Crippen LogP contribution in [-0.2, 0) is 22.4 Å². The molecule has 0 spiro atoms. The maximum absolute atomic E-state index is 11.8. The Labute approximate surface area is 191 Å². The first-order valence-electron chi connectivity index (χ1n) is 10.1. The standard InChI is InChI=1S/C12H17N2.C5H7F2O.C5H9O2.Li/c1-2-3-6-11-8-7-10-5-4-9-13-12(10)14-11;1-2-8-4-3-5(4,6)7;1-3-4(2)5(6)7;/h7-8H,1-6,9H2,(H,13,14);4H,1-3H2;4H,1,3H2,2H3,(H,6,7);/q3*-1;+1/t;;4-;/m..0./s1. The first-order chi connectivity index (χ1) is 13.7. The summed E-state index contributed by atoms with van der Waals surface area (Å²) in [7, 11) is 0. The summed E-state index contributed by atoms with van der Waals surface area (Å²) in [6.45, 7) is 13.4. The number of aliphatic carboxylic acids is 1. The summed E-state index contributed by atoms with van der Waals surface area (Å²) in [6, 6.07) is 4.37. The number of hydrogen-bond donors (Lipinski definition) is 2. The van der Waals surface area contributed by atoms with Crippen LogP contribution in [0.4, 0.5) is 14.6 Å². The molecule has 8 heteroatoms. The molecule has 1 aromatic heterocycles. The van der Waals surface area contributed by atoms with Crippen LogP contribution in [0.5, 0.6) is 0 Å². The zero-order chi connectivity index (χ0) is 21.9. The van der Waals surface area contributed by atoms with Crippen LogP contribution in [0.2, 0.25) is 0 Å². The van der Waals surface area contributed by atoms with E-state index in [1.54, 1.807) is 6.92 Å². The van der Waals surface area contributed by atoms with E-state index in [1.807, 2.05) is 0 Å². The number of carboxylic acid groups (broad SMARTS) is 1. The van der Waals surface area contributed by atoms with Gasteiger partial charge in [0.25, 0.3) is 5.92 Å². The molecule has 1 aliphatic heterocycles. The van der Waals surface area contributed by atoms with Crippen LogP contribution in [0.1, 0.15) is 50.3 Å². The van der Waals surface area contributed by atoms with Crippen LogP contribution >= 0.6 is 0 Å². The Bertz CT molecular complexity index is 632. The van der Waals surface area contributed by atoms with Gasteiger partial charge in [0.2, 0.25) is 0 Å². The van der Waals surface area contributed by atoms with Gasteiger partial charge in [0.15, 0.2) is 0 Å². The van der Waals surface area contributed by atoms with Crippen LogP contribution in [0.25, 0.3) is 0 Å². The fourth-order valence-electron chi connectivity index (χ4n) is 2.45. The van der Waals surface area contributed by atoms with E-state index < -0.39 is 18.0 Å². The summed E-state index contributed by atoms with van der Waals surface area (Å²) in [5.74, 6) is -2.50. The van der Waals surface area contributed by atoms with Gasteiger partial charge < -0.3 is 35.9 Å². The van der Waals surface area contributed by atoms with Crippen molar-refractivity contribution < 1.29 is 42.3 Å². The van der Waals surface area contributed by atoms with Crippen LogP contribution in [-0.4, -0.2) is 41.2 Å². The molecule has 0 amide bonds. The van der Waals surface area contributed by atoms with E-state index in [9.17, 15) is 13.6 Å². The first kappa shape index (κ1) is 28.8. The number of aryl methyl sites for hydroxylation is 2. The zero-order valence-electron chi connectivity index (χ0n) is 18.3. The third kappa shape index (κ3) is 10.7. The van der Waals surface area contributed by atoms with Crippen molar-refractivity contribution in [2.45, 2.75) is 63.9 Å². The van der Waals surface area contributed by atoms with Crippen molar-refractivity contribution in [3.05, 3.63) is 44.2 Å². The summed E-state index contributed by atoms with van der Waals surface area (Å²) in [5, 5.41) is 11.5. The molecule has 2 heterocycles. The van der Waals surface area contributed by atoms with Gasteiger partial charge in [0.05, 0.1) is 0 Å². The molecule has 0 aromatic carbocycles. The van der Waals surface area contributed by atoms with Gasteiger partial charge in [0, 0.05) is 24.6 Å². The molecule has 2 N–H and O–H groups in total. The minimum Gasteiger partial charge on any atom is -0.481 e. The fraction of sp³-hybridized carbons (Fsp3) is 0.591. The Kier molecular flexibility index (Phi) is 14.2. The van der Waals surface area contributed by atoms with E-state index in [0.29, 0.717) is 6.42 Å². The molecule has 5 nitrogen and oxygen atoms in total. The molecule has 2 aliphatic rings. The van der Waals surface area contributed by atoms with Crippen molar-refractivity contribution in [3.8, 4) is 0 Å². The van der Waals surface area contributed by atoms with Crippen molar-refractivity contribution in [1.82, 2.24) is 4.98 Å². The minimum absolute atomic E-state index is 0. The Hall–Kier alpha value is -1.16. The van der Waals surface area contributed by atoms with E-state index in [0.717, 1.165) is 31.6 Å². The minimum atomic E-state index is -2.54. The first-order valence-corrected chi connectivity index (χ1v) is 10.1. The zero-order valence-corrected chi connectivity index (χ0v) is 18.3. The quantitative estimate of drug-likeness (QED) is 0.522. The van der Waals surface area contributed by atoms with Crippen molar-refractivity contribution >= 4 is 11.8 Å². The molecule has 1 aliphatic carbocycles. The van der Waals surface area contributed by atoms with E-state index in [-0.39, 0.29) is 37.8 Å². The van der Waals surface area contributed by atoms with Crippen LogP contribution in [0, 0.1) is 26.7 Å². The molecule has 0 bridgehead atoms. The number of anilines is 1. The number of unbranched alkanes of at least 4 members (excludes halogenated alkanes) is 1. The van der Waals surface area contributed by atoms with Gasteiger partial charge in [-0.3, -0.25) is 4.79 Å². The number of halogens is 2. The SMILES string of the molecule is [CH2-]CCCc1ccc2c(n1)NCCC2.[CH2-]COC1CC1(F)F.[CH2-]C[C@H](C)C(=O)O.[Li+]. The number of nitrogens with one attached hydrogen (secondary N) is 1. The van der Waals surface area contributed by atoms with Gasteiger partial charge >= 0.3 is 24.8 Å². The second kappa shape index (κ2) is 14.8. The maximum atomic E-state index is 11.8. The fourth-order valence-corrected chi connectivity index (χ4v) is 2.45. The Morgan fingerprint density at radius 3 is 2.50 bits per heavy atom. The van der Waals surface area contributed by atoms with Crippen LogP contribution < -0.4 is 24.2 Å². The van der Waals surface area contributed by atoms with Gasteiger partial charge in [-0.1, -0.05) is 26.0 Å². The van der Waals surface area contributed by atoms with Gasteiger partial charge in [-0.25, -0.2) is 13.8 Å². The van der Waals surface area contributed by atoms with E-state index in [4.69, 9.17) is 5.11 Å². The second-order valence-electron chi connectivity index (χ2n) is 7.15. The van der Waals surface area contributed by atoms with E-state index in [1.165, 1.54) is 24.1 Å². The number of aromatic nitrogens is 1. The van der Waals surface area contributed by atoms with Gasteiger partial charge in [0.1, 0.15) is 11.9 Å². The smallest absolute Gasteiger partial charge is 0.481 e. The number of carboxylic acids is 1. The predicted molar refractivity (Wildman–Crippen MR) is 111 cm³/mol. The van der Waals surface area contributed by atoms with Gasteiger partial charge in [-0.05, 0) is 30.9 Å². The summed E-state index contributed by atoms with van der Waals surface area (Å²) >= 11 is 0. The number of rotatable bonds is 7. The van der Waals surface area contributed by atoms with Crippen LogP contribution in [0.3, 0.4) is 0 Å². The average molecular weight is 418 g/mol. The largest absolute Gasteiger partial charge is 1.00 e. The monoisotopic (exact) mass is 418 g/mol. The number of fused-ring (bicyclic) bond motifs is 1. The maximum Gasteiger partial charge on any atom is 1.00 e. The van der Waals surface area contributed by atoms with Crippen molar-refractivity contribution in [2.24, 2.45) is 5.92 Å². The number of hydrogen-bond acceptors (Lipinski definition) is 4. The predicted octanol–water partition coefficient (Wildman–Crippen LogP) is 1.78. The van der Waals surface area contributed by atoms with E-state index >= 15 is 0 Å². The third-order valence-corrected chi connectivity index (χ3v) is 4.58. The van der Waals surface area contributed by atoms with Crippen molar-refractivity contribution in [3.63, 3.8) is 0 Å². The van der Waals surface area contributed by atoms with Crippen LogP contribution in [0.15, 0.2) is 12.1 Å². The summed E-state index contributed by atoms with van der Waals surface area (Å²) in [4.78, 5) is 14.5. The van der Waals surface area contributed by atoms with Gasteiger partial charge in [-0.2, -0.15) is 12.8 Å². The summed E-state index contributed by atoms with van der Waals surface area (Å²) in [5.41, 5.74) is 2.57. The Morgan fingerprint density at radius 1 is 1.40 bits per heavy atom. The van der Waals surface area contributed by atoms with Crippen molar-refractivity contribution in [2.75, 3.05) is 18.5 Å². The topological polar surface area (TPSA) is 71.5 Å². The molecule has 3 rings (SSSR count). The number of pyridine rings is 1. The molecule has 1 unspecified atom stereocenters. The molecule has 1 fully saturated rings. The number of ether oxygens (including phenoxy) is 1. The Morgan fingerprint density at radius 2 is 2.07 bits per heavy atom. The molecule has 30 heavy (non-hydrogen) atoms. The number of alkyl halides is 2. The third-order valence-electron chi connectivity index (χ3n) is 4.58. The molecular formula is C22H33F2LiN2O3-2. The van der Waals surface area contributed by atoms with Gasteiger partial charge in [-0.15, -0.1) is 0 Å². The van der Waals surface area contributed by atoms with E-state index in [2.05, 4.69) is 47.9 Å². The Balaban J connectivity index is 0.000000453. The average Bonchev–Trinajstić information content (AvgIpc) is 3.32. The normalized spacial score (nSPS) is 18.7. The number of nitrogens with zero attached hydrogens (tertiary/aromatic N) is 1. The molecule has 1 aromatic rings. The van der Waals surface area contributed by atoms with Crippen molar-refractivity contribution in [1.29, 1.82) is 0 Å². The summed E-state index contributed by atoms with van der Waals surface area (Å²) < 4.78 is 28.2. The molecule has 2 atom stereocenters. The number of carbonyl (C=O) groups is 1. The second-order valence-corrected chi connectivity index (χ2v) is 7.15. The molecular weight excluding hydrogens is 385 g/mol. The molecule has 166 valence electrons.